The lowest BCUT2D eigenvalue weighted by Gasteiger charge is -2.04. The van der Waals surface area contributed by atoms with Gasteiger partial charge in [0.05, 0.1) is 5.56 Å². The summed E-state index contributed by atoms with van der Waals surface area (Å²) in [6.07, 6.45) is 0. The number of carboxylic acid groups (broad SMARTS) is 1. The molecule has 100 valence electrons. The van der Waals surface area contributed by atoms with Crippen LogP contribution in [0.25, 0.3) is 0 Å². The summed E-state index contributed by atoms with van der Waals surface area (Å²) < 4.78 is 15.1. The molecule has 19 heavy (non-hydrogen) atoms. The van der Waals surface area contributed by atoms with Crippen LogP contribution in [0.2, 0.25) is 0 Å². The molecular formula is C13H14FN3O2. The zero-order valence-electron chi connectivity index (χ0n) is 10.6. The van der Waals surface area contributed by atoms with E-state index in [4.69, 9.17) is 5.11 Å². The number of halogens is 1. The highest BCUT2D eigenvalue weighted by molar-refractivity contribution is 5.89. The van der Waals surface area contributed by atoms with Crippen molar-refractivity contribution in [1.29, 1.82) is 0 Å². The summed E-state index contributed by atoms with van der Waals surface area (Å²) in [5.74, 6) is -1.21. The van der Waals surface area contributed by atoms with E-state index in [9.17, 15) is 9.18 Å². The van der Waals surface area contributed by atoms with Crippen LogP contribution in [0.1, 0.15) is 23.0 Å². The largest absolute Gasteiger partial charge is 0.478 e. The zero-order chi connectivity index (χ0) is 14.0. The number of aromatic carboxylic acids is 1. The van der Waals surface area contributed by atoms with Crippen LogP contribution < -0.4 is 5.32 Å². The molecule has 0 aliphatic heterocycles. The molecule has 5 nitrogen and oxygen atoms in total. The number of nitrogens with zero attached hydrogens (tertiary/aromatic N) is 2. The molecule has 2 N–H and O–H groups in total. The molecule has 2 aromatic rings. The predicted molar refractivity (Wildman–Crippen MR) is 69.3 cm³/mol. The average molecular weight is 263 g/mol. The van der Waals surface area contributed by atoms with E-state index in [1.807, 2.05) is 19.9 Å². The topological polar surface area (TPSA) is 67.2 Å². The van der Waals surface area contributed by atoms with Crippen molar-refractivity contribution >= 4 is 17.5 Å². The van der Waals surface area contributed by atoms with Crippen LogP contribution in [-0.4, -0.2) is 20.9 Å². The summed E-state index contributed by atoms with van der Waals surface area (Å²) in [6, 6.07) is 5.39. The van der Waals surface area contributed by atoms with Gasteiger partial charge >= 0.3 is 5.97 Å². The second-order valence-electron chi connectivity index (χ2n) is 4.15. The molecule has 1 aromatic heterocycles. The molecule has 0 atom stereocenters. The van der Waals surface area contributed by atoms with E-state index in [2.05, 4.69) is 10.4 Å². The minimum absolute atomic E-state index is 0.103. The monoisotopic (exact) mass is 263 g/mol. The number of nitrogens with one attached hydrogen (secondary N) is 1. The molecule has 0 unspecified atom stereocenters. The molecule has 1 aromatic carbocycles. The first-order valence-corrected chi connectivity index (χ1v) is 5.85. The van der Waals surface area contributed by atoms with Crippen molar-refractivity contribution in [3.63, 3.8) is 0 Å². The number of anilines is 2. The number of aromatic nitrogens is 2. The molecule has 0 saturated carbocycles. The van der Waals surface area contributed by atoms with Crippen molar-refractivity contribution in [2.24, 2.45) is 0 Å². The Morgan fingerprint density at radius 1 is 1.42 bits per heavy atom. The SMILES string of the molecule is CCn1nc(Nc2cc(F)cc(C(=O)O)c2)cc1C. The van der Waals surface area contributed by atoms with Crippen LogP contribution in [0, 0.1) is 12.7 Å². The van der Waals surface area contributed by atoms with Crippen molar-refractivity contribution in [3.8, 4) is 0 Å². The molecule has 2 rings (SSSR count). The fraction of sp³-hybridized carbons (Fsp3) is 0.231. The molecule has 0 bridgehead atoms. The summed E-state index contributed by atoms with van der Waals surface area (Å²) in [4.78, 5) is 10.8. The van der Waals surface area contributed by atoms with Gasteiger partial charge in [-0.15, -0.1) is 0 Å². The third-order valence-corrected chi connectivity index (χ3v) is 2.70. The molecule has 0 aliphatic carbocycles. The van der Waals surface area contributed by atoms with Gasteiger partial charge in [-0.05, 0) is 32.0 Å². The van der Waals surface area contributed by atoms with Gasteiger partial charge in [-0.25, -0.2) is 9.18 Å². The Morgan fingerprint density at radius 2 is 2.16 bits per heavy atom. The fourth-order valence-corrected chi connectivity index (χ4v) is 1.82. The lowest BCUT2D eigenvalue weighted by atomic mass is 10.2. The van der Waals surface area contributed by atoms with Gasteiger partial charge < -0.3 is 10.4 Å². The predicted octanol–water partition coefficient (Wildman–Crippen LogP) is 2.79. The van der Waals surface area contributed by atoms with Crippen LogP contribution in [0.4, 0.5) is 15.9 Å². The number of hydrogen-bond donors (Lipinski definition) is 2. The number of aryl methyl sites for hydroxylation is 2. The summed E-state index contributed by atoms with van der Waals surface area (Å²) >= 11 is 0. The van der Waals surface area contributed by atoms with E-state index in [0.29, 0.717) is 11.5 Å². The maximum absolute atomic E-state index is 13.3. The summed E-state index contributed by atoms with van der Waals surface area (Å²) in [5, 5.41) is 16.0. The normalized spacial score (nSPS) is 10.5. The molecule has 1 heterocycles. The summed E-state index contributed by atoms with van der Waals surface area (Å²) in [7, 11) is 0. The molecule has 0 aliphatic rings. The second kappa shape index (κ2) is 5.09. The van der Waals surface area contributed by atoms with E-state index in [1.54, 1.807) is 4.68 Å². The first-order valence-electron chi connectivity index (χ1n) is 5.85. The lowest BCUT2D eigenvalue weighted by Crippen LogP contribution is -2.01. The van der Waals surface area contributed by atoms with Gasteiger partial charge in [-0.1, -0.05) is 0 Å². The minimum Gasteiger partial charge on any atom is -0.478 e. The van der Waals surface area contributed by atoms with Crippen molar-refractivity contribution in [3.05, 3.63) is 41.3 Å². The van der Waals surface area contributed by atoms with Crippen molar-refractivity contribution in [2.75, 3.05) is 5.32 Å². The van der Waals surface area contributed by atoms with Crippen LogP contribution in [0.3, 0.4) is 0 Å². The third-order valence-electron chi connectivity index (χ3n) is 2.70. The molecule has 0 amide bonds. The van der Waals surface area contributed by atoms with Gasteiger partial charge in [-0.3, -0.25) is 4.68 Å². The summed E-state index contributed by atoms with van der Waals surface area (Å²) in [5.41, 5.74) is 1.23. The standard InChI is InChI=1S/C13H14FN3O2/c1-3-17-8(2)4-12(16-17)15-11-6-9(13(18)19)5-10(14)7-11/h4-7H,3H2,1-2H3,(H,15,16)(H,18,19). The third kappa shape index (κ3) is 2.90. The van der Waals surface area contributed by atoms with Crippen LogP contribution in [-0.2, 0) is 6.54 Å². The number of benzene rings is 1. The highest BCUT2D eigenvalue weighted by atomic mass is 19.1. The molecule has 0 saturated heterocycles. The Bertz CT molecular complexity index is 622. The Hall–Kier alpha value is -2.37. The number of rotatable bonds is 4. The number of carboxylic acids is 1. The highest BCUT2D eigenvalue weighted by Crippen LogP contribution is 2.19. The average Bonchev–Trinajstić information content (AvgIpc) is 2.68. The maximum Gasteiger partial charge on any atom is 0.335 e. The number of hydrogen-bond acceptors (Lipinski definition) is 3. The first kappa shape index (κ1) is 13.1. The van der Waals surface area contributed by atoms with E-state index in [1.165, 1.54) is 12.1 Å². The molecule has 0 radical (unpaired) electrons. The fourth-order valence-electron chi connectivity index (χ4n) is 1.82. The van der Waals surface area contributed by atoms with Crippen LogP contribution >= 0.6 is 0 Å². The quantitative estimate of drug-likeness (QED) is 0.890. The smallest absolute Gasteiger partial charge is 0.335 e. The first-order chi connectivity index (χ1) is 8.99. The Kier molecular flexibility index (Phi) is 3.50. The van der Waals surface area contributed by atoms with Crippen molar-refractivity contribution in [2.45, 2.75) is 20.4 Å². The molecule has 0 spiro atoms. The van der Waals surface area contributed by atoms with E-state index >= 15 is 0 Å². The molecule has 0 fully saturated rings. The van der Waals surface area contributed by atoms with Crippen LogP contribution in [0.5, 0.6) is 0 Å². The number of carbonyl (C=O) groups is 1. The maximum atomic E-state index is 13.3. The van der Waals surface area contributed by atoms with Gasteiger partial charge in [0.25, 0.3) is 0 Å². The van der Waals surface area contributed by atoms with Gasteiger partial charge in [0.1, 0.15) is 5.82 Å². The minimum atomic E-state index is -1.17. The Balaban J connectivity index is 2.29. The van der Waals surface area contributed by atoms with Gasteiger partial charge in [0.15, 0.2) is 5.82 Å². The van der Waals surface area contributed by atoms with E-state index in [-0.39, 0.29) is 5.56 Å². The van der Waals surface area contributed by atoms with E-state index in [0.717, 1.165) is 18.3 Å². The zero-order valence-corrected chi connectivity index (χ0v) is 10.6. The molecular weight excluding hydrogens is 249 g/mol. The molecule has 6 heteroatoms. The lowest BCUT2D eigenvalue weighted by molar-refractivity contribution is 0.0696. The van der Waals surface area contributed by atoms with E-state index < -0.39 is 11.8 Å². The van der Waals surface area contributed by atoms with Gasteiger partial charge in [-0.2, -0.15) is 5.10 Å². The second-order valence-corrected chi connectivity index (χ2v) is 4.15. The Labute approximate surface area is 109 Å². The van der Waals surface area contributed by atoms with Crippen molar-refractivity contribution < 1.29 is 14.3 Å². The van der Waals surface area contributed by atoms with Gasteiger partial charge in [0, 0.05) is 24.0 Å². The van der Waals surface area contributed by atoms with Gasteiger partial charge in [0.2, 0.25) is 0 Å². The Morgan fingerprint density at radius 3 is 2.74 bits per heavy atom. The van der Waals surface area contributed by atoms with Crippen molar-refractivity contribution in [1.82, 2.24) is 9.78 Å². The van der Waals surface area contributed by atoms with Crippen LogP contribution in [0.15, 0.2) is 24.3 Å². The summed E-state index contributed by atoms with van der Waals surface area (Å²) in [6.45, 7) is 4.61. The highest BCUT2D eigenvalue weighted by Gasteiger charge is 2.09.